The van der Waals surface area contributed by atoms with Gasteiger partial charge < -0.3 is 4.74 Å². The Kier molecular flexibility index (Phi) is 6.25. The van der Waals surface area contributed by atoms with E-state index >= 15 is 0 Å². The normalized spacial score (nSPS) is 12.2. The van der Waals surface area contributed by atoms with Crippen molar-refractivity contribution < 1.29 is 4.74 Å². The van der Waals surface area contributed by atoms with Crippen LogP contribution in [0.3, 0.4) is 0 Å². The quantitative estimate of drug-likeness (QED) is 0.611. The third-order valence-corrected chi connectivity index (χ3v) is 5.12. The molecule has 3 aromatic rings. The number of ether oxygens (including phenoxy) is 1. The van der Waals surface area contributed by atoms with Crippen molar-refractivity contribution in [3.05, 3.63) is 65.7 Å². The average molecular weight is 353 g/mol. The minimum atomic E-state index is 0.137. The van der Waals surface area contributed by atoms with Crippen LogP contribution in [-0.4, -0.2) is 34.1 Å². The number of thioether (sulfide) groups is 1. The van der Waals surface area contributed by atoms with Crippen LogP contribution < -0.4 is 0 Å². The Morgan fingerprint density at radius 2 is 1.80 bits per heavy atom. The molecule has 1 atom stereocenters. The minimum absolute atomic E-state index is 0.137. The number of methoxy groups -OCH3 is 1. The van der Waals surface area contributed by atoms with Crippen LogP contribution in [0, 0.1) is 0 Å². The average Bonchev–Trinajstić information content (AvgIpc) is 3.15. The van der Waals surface area contributed by atoms with Crippen molar-refractivity contribution in [2.45, 2.75) is 31.0 Å². The zero-order valence-electron chi connectivity index (χ0n) is 14.6. The molecule has 0 saturated heterocycles. The van der Waals surface area contributed by atoms with Crippen molar-refractivity contribution in [2.24, 2.45) is 0 Å². The number of hydrogen-bond acceptors (Lipinski definition) is 4. The summed E-state index contributed by atoms with van der Waals surface area (Å²) in [5, 5.41) is 8.10. The van der Waals surface area contributed by atoms with Gasteiger partial charge in [0.15, 0.2) is 5.82 Å². The Bertz CT molecular complexity index is 771. The first-order valence-corrected chi connectivity index (χ1v) is 9.48. The van der Waals surface area contributed by atoms with E-state index in [1.807, 2.05) is 6.07 Å². The smallest absolute Gasteiger partial charge is 0.208 e. The van der Waals surface area contributed by atoms with Crippen molar-refractivity contribution in [2.75, 3.05) is 12.9 Å². The summed E-state index contributed by atoms with van der Waals surface area (Å²) in [6, 6.07) is 18.8. The number of aromatic nitrogens is 3. The number of aromatic amines is 1. The number of H-pyrrole nitrogens is 1. The molecule has 1 heterocycles. The maximum absolute atomic E-state index is 5.61. The molecule has 0 radical (unpaired) electrons. The lowest BCUT2D eigenvalue weighted by Gasteiger charge is -2.13. The number of nitrogens with one attached hydrogen (secondary N) is 1. The van der Waals surface area contributed by atoms with Crippen LogP contribution in [0.5, 0.6) is 0 Å². The lowest BCUT2D eigenvalue weighted by Crippen LogP contribution is -2.17. The molecule has 0 amide bonds. The number of hydrogen-bond donors (Lipinski definition) is 1. The predicted molar refractivity (Wildman–Crippen MR) is 103 cm³/mol. The molecule has 3 rings (SSSR count). The van der Waals surface area contributed by atoms with Crippen LogP contribution in [0.4, 0.5) is 0 Å². The Hall–Kier alpha value is -2.11. The fraction of sp³-hybridized carbons (Fsp3) is 0.300. The van der Waals surface area contributed by atoms with Gasteiger partial charge in [0.05, 0.1) is 6.10 Å². The summed E-state index contributed by atoms with van der Waals surface area (Å²) in [6.07, 6.45) is 2.07. The van der Waals surface area contributed by atoms with Crippen LogP contribution in [0.15, 0.2) is 59.8 Å². The highest BCUT2D eigenvalue weighted by Gasteiger charge is 2.12. The van der Waals surface area contributed by atoms with E-state index in [0.717, 1.165) is 35.1 Å². The minimum Gasteiger partial charge on any atom is -0.380 e. The van der Waals surface area contributed by atoms with E-state index in [1.54, 1.807) is 18.9 Å². The van der Waals surface area contributed by atoms with Crippen molar-refractivity contribution in [1.29, 1.82) is 0 Å². The molecule has 1 aromatic heterocycles. The fourth-order valence-corrected chi connectivity index (χ4v) is 3.45. The van der Waals surface area contributed by atoms with Crippen LogP contribution in [-0.2, 0) is 17.6 Å². The van der Waals surface area contributed by atoms with E-state index in [4.69, 9.17) is 4.74 Å². The van der Waals surface area contributed by atoms with Crippen molar-refractivity contribution >= 4 is 11.8 Å². The Morgan fingerprint density at radius 3 is 2.48 bits per heavy atom. The molecule has 1 unspecified atom stereocenters. The molecule has 4 nitrogen and oxygen atoms in total. The van der Waals surface area contributed by atoms with Gasteiger partial charge in [0.1, 0.15) is 0 Å². The fourth-order valence-electron chi connectivity index (χ4n) is 2.59. The molecule has 0 spiro atoms. The molecule has 1 N–H and O–H groups in total. The molecule has 25 heavy (non-hydrogen) atoms. The van der Waals surface area contributed by atoms with Crippen LogP contribution in [0.2, 0.25) is 0 Å². The highest BCUT2D eigenvalue weighted by atomic mass is 32.2. The van der Waals surface area contributed by atoms with Crippen molar-refractivity contribution in [1.82, 2.24) is 15.2 Å². The van der Waals surface area contributed by atoms with E-state index in [-0.39, 0.29) is 6.10 Å². The van der Waals surface area contributed by atoms with E-state index in [9.17, 15) is 0 Å². The first kappa shape index (κ1) is 17.7. The van der Waals surface area contributed by atoms with Gasteiger partial charge >= 0.3 is 0 Å². The summed E-state index contributed by atoms with van der Waals surface area (Å²) < 4.78 is 5.61. The monoisotopic (exact) mass is 353 g/mol. The Labute approximate surface area is 153 Å². The summed E-state index contributed by atoms with van der Waals surface area (Å²) in [6.45, 7) is 2.15. The third-order valence-electron chi connectivity index (χ3n) is 4.14. The van der Waals surface area contributed by atoms with Gasteiger partial charge in [-0.25, -0.2) is 4.98 Å². The summed E-state index contributed by atoms with van der Waals surface area (Å²) in [5.41, 5.74) is 3.66. The molecule has 0 aliphatic rings. The molecular weight excluding hydrogens is 330 g/mol. The zero-order chi connectivity index (χ0) is 17.5. The van der Waals surface area contributed by atoms with E-state index in [0.29, 0.717) is 0 Å². The summed E-state index contributed by atoms with van der Waals surface area (Å²) in [5.74, 6) is 1.62. The SMILES string of the molecule is CCc1ccc(-c2nc(SCC(Cc3ccccc3)OC)n[nH]2)cc1. The number of rotatable bonds is 8. The molecule has 0 saturated carbocycles. The van der Waals surface area contributed by atoms with Gasteiger partial charge in [-0.2, -0.15) is 0 Å². The number of benzene rings is 2. The summed E-state index contributed by atoms with van der Waals surface area (Å²) in [4.78, 5) is 4.59. The largest absolute Gasteiger partial charge is 0.380 e. The second-order valence-electron chi connectivity index (χ2n) is 5.88. The standard InChI is InChI=1S/C20H23N3OS/c1-3-15-9-11-17(12-10-15)19-21-20(23-22-19)25-14-18(24-2)13-16-7-5-4-6-8-16/h4-12,18H,3,13-14H2,1-2H3,(H,21,22,23). The third kappa shape index (κ3) is 4.94. The molecule has 0 fully saturated rings. The Balaban J connectivity index is 1.58. The predicted octanol–water partition coefficient (Wildman–Crippen LogP) is 4.38. The van der Waals surface area contributed by atoms with Crippen molar-refractivity contribution in [3.63, 3.8) is 0 Å². The van der Waals surface area contributed by atoms with Gasteiger partial charge in [-0.05, 0) is 24.0 Å². The van der Waals surface area contributed by atoms with Gasteiger partial charge in [-0.1, -0.05) is 73.3 Å². The van der Waals surface area contributed by atoms with E-state index in [1.165, 1.54) is 11.1 Å². The second-order valence-corrected chi connectivity index (χ2v) is 6.86. The number of aryl methyl sites for hydroxylation is 1. The van der Waals surface area contributed by atoms with Gasteiger partial charge in [-0.15, -0.1) is 5.10 Å². The summed E-state index contributed by atoms with van der Waals surface area (Å²) >= 11 is 1.62. The lowest BCUT2D eigenvalue weighted by molar-refractivity contribution is 0.122. The van der Waals surface area contributed by atoms with Gasteiger partial charge in [0.25, 0.3) is 0 Å². The Morgan fingerprint density at radius 1 is 1.04 bits per heavy atom. The van der Waals surface area contributed by atoms with E-state index < -0.39 is 0 Å². The number of nitrogens with zero attached hydrogens (tertiary/aromatic N) is 2. The summed E-state index contributed by atoms with van der Waals surface area (Å²) in [7, 11) is 1.76. The zero-order valence-corrected chi connectivity index (χ0v) is 15.4. The maximum atomic E-state index is 5.61. The first-order valence-electron chi connectivity index (χ1n) is 8.49. The molecule has 0 aliphatic carbocycles. The topological polar surface area (TPSA) is 50.8 Å². The van der Waals surface area contributed by atoms with Crippen LogP contribution >= 0.6 is 11.8 Å². The molecule has 0 bridgehead atoms. The second kappa shape index (κ2) is 8.83. The van der Waals surface area contributed by atoms with Gasteiger partial charge in [0, 0.05) is 18.4 Å². The molecular formula is C20H23N3OS. The highest BCUT2D eigenvalue weighted by molar-refractivity contribution is 7.99. The molecule has 2 aromatic carbocycles. The van der Waals surface area contributed by atoms with E-state index in [2.05, 4.69) is 70.6 Å². The lowest BCUT2D eigenvalue weighted by atomic mass is 10.1. The molecule has 0 aliphatic heterocycles. The van der Waals surface area contributed by atoms with Crippen LogP contribution in [0.25, 0.3) is 11.4 Å². The molecule has 5 heteroatoms. The van der Waals surface area contributed by atoms with Gasteiger partial charge in [-0.3, -0.25) is 5.10 Å². The van der Waals surface area contributed by atoms with Crippen molar-refractivity contribution in [3.8, 4) is 11.4 Å². The maximum Gasteiger partial charge on any atom is 0.208 e. The highest BCUT2D eigenvalue weighted by Crippen LogP contribution is 2.21. The van der Waals surface area contributed by atoms with Gasteiger partial charge in [0.2, 0.25) is 5.16 Å². The molecule has 130 valence electrons. The van der Waals surface area contributed by atoms with Crippen LogP contribution in [0.1, 0.15) is 18.1 Å². The first-order chi connectivity index (χ1) is 12.3.